The van der Waals surface area contributed by atoms with Gasteiger partial charge in [0.2, 0.25) is 0 Å². The molecule has 0 saturated carbocycles. The van der Waals surface area contributed by atoms with E-state index < -0.39 is 0 Å². The monoisotopic (exact) mass is 489 g/mol. The third kappa shape index (κ3) is 6.20. The highest BCUT2D eigenvalue weighted by Gasteiger charge is 2.32. The van der Waals surface area contributed by atoms with Crippen LogP contribution in [-0.2, 0) is 6.42 Å². The van der Waals surface area contributed by atoms with Gasteiger partial charge in [0.05, 0.1) is 6.20 Å². The summed E-state index contributed by atoms with van der Waals surface area (Å²) in [7, 11) is 0. The van der Waals surface area contributed by atoms with Crippen LogP contribution in [0.2, 0.25) is 0 Å². The molecule has 1 N–H and O–H groups in total. The number of nitrogens with one attached hydrogen (secondary N) is 1. The molecule has 4 rings (SSSR count). The number of aromatic nitrogens is 3. The summed E-state index contributed by atoms with van der Waals surface area (Å²) in [4.78, 5) is 22.2. The van der Waals surface area contributed by atoms with Gasteiger partial charge in [0.1, 0.15) is 16.9 Å². The normalized spacial score (nSPS) is 15.4. The number of rotatable bonds is 7. The van der Waals surface area contributed by atoms with Crippen LogP contribution in [0.3, 0.4) is 0 Å². The van der Waals surface area contributed by atoms with Crippen LogP contribution in [0.25, 0.3) is 5.65 Å². The Bertz CT molecular complexity index is 1270. The number of allylic oxidation sites excluding steroid dienone is 2. The van der Waals surface area contributed by atoms with Crippen molar-refractivity contribution in [1.82, 2.24) is 14.6 Å². The molecule has 3 heterocycles. The lowest BCUT2D eigenvalue weighted by Gasteiger charge is -2.20. The SMILES string of the molecule is CC.CC=N/C(=C\C(C)C)CC(C)c1cc2c(cc1NC(=O)c1cnn3cccnc13)CC(C)(C)O2. The molecule has 1 amide bonds. The van der Waals surface area contributed by atoms with E-state index in [-0.39, 0.29) is 17.4 Å². The molecule has 192 valence electrons. The second-order valence-electron chi connectivity index (χ2n) is 9.88. The number of hydrogen-bond acceptors (Lipinski definition) is 5. The minimum atomic E-state index is -0.271. The van der Waals surface area contributed by atoms with Gasteiger partial charge in [-0.2, -0.15) is 5.10 Å². The molecule has 3 aromatic rings. The molecule has 1 atom stereocenters. The van der Waals surface area contributed by atoms with E-state index >= 15 is 0 Å². The third-order valence-electron chi connectivity index (χ3n) is 5.87. The van der Waals surface area contributed by atoms with Crippen molar-refractivity contribution in [3.8, 4) is 5.75 Å². The lowest BCUT2D eigenvalue weighted by Crippen LogP contribution is -2.24. The molecule has 1 aliphatic rings. The van der Waals surface area contributed by atoms with Gasteiger partial charge >= 0.3 is 0 Å². The number of ether oxygens (including phenoxy) is 1. The Labute approximate surface area is 214 Å². The van der Waals surface area contributed by atoms with Gasteiger partial charge in [-0.15, -0.1) is 0 Å². The molecular formula is C29H39N5O2. The maximum absolute atomic E-state index is 13.3. The van der Waals surface area contributed by atoms with Gasteiger partial charge in [-0.25, -0.2) is 9.50 Å². The van der Waals surface area contributed by atoms with Gasteiger partial charge in [0, 0.05) is 42.0 Å². The molecule has 36 heavy (non-hydrogen) atoms. The Morgan fingerprint density at radius 1 is 1.28 bits per heavy atom. The van der Waals surface area contributed by atoms with E-state index in [4.69, 9.17) is 4.74 Å². The first kappa shape index (κ1) is 27.1. The summed E-state index contributed by atoms with van der Waals surface area (Å²) >= 11 is 0. The van der Waals surface area contributed by atoms with Crippen molar-refractivity contribution >= 4 is 23.5 Å². The maximum Gasteiger partial charge on any atom is 0.261 e. The lowest BCUT2D eigenvalue weighted by atomic mass is 9.91. The van der Waals surface area contributed by atoms with Crippen LogP contribution in [-0.4, -0.2) is 32.3 Å². The van der Waals surface area contributed by atoms with E-state index in [0.29, 0.717) is 17.1 Å². The molecule has 0 fully saturated rings. The van der Waals surface area contributed by atoms with Crippen molar-refractivity contribution in [1.29, 1.82) is 0 Å². The predicted octanol–water partition coefficient (Wildman–Crippen LogP) is 6.85. The van der Waals surface area contributed by atoms with E-state index in [9.17, 15) is 4.79 Å². The van der Waals surface area contributed by atoms with Crippen LogP contribution in [0.15, 0.2) is 53.6 Å². The maximum atomic E-state index is 13.3. The number of fused-ring (bicyclic) bond motifs is 2. The largest absolute Gasteiger partial charge is 0.487 e. The first-order chi connectivity index (χ1) is 17.2. The van der Waals surface area contributed by atoms with Crippen molar-refractivity contribution in [3.05, 3.63) is 65.3 Å². The van der Waals surface area contributed by atoms with Crippen LogP contribution in [0, 0.1) is 5.92 Å². The van der Waals surface area contributed by atoms with Gasteiger partial charge in [-0.05, 0) is 62.8 Å². The molecule has 1 aromatic carbocycles. The minimum Gasteiger partial charge on any atom is -0.487 e. The van der Waals surface area contributed by atoms with E-state index in [1.807, 2.05) is 27.0 Å². The fraction of sp³-hybridized carbons (Fsp3) is 0.448. The molecule has 7 heteroatoms. The molecule has 0 spiro atoms. The summed E-state index contributed by atoms with van der Waals surface area (Å²) in [6.07, 6.45) is 10.6. The fourth-order valence-electron chi connectivity index (χ4n) is 4.50. The summed E-state index contributed by atoms with van der Waals surface area (Å²) in [5.41, 5.74) is 4.64. The number of carbonyl (C=O) groups excluding carboxylic acids is 1. The minimum absolute atomic E-state index is 0.114. The Hall–Kier alpha value is -3.48. The molecule has 0 bridgehead atoms. The molecule has 0 aliphatic carbocycles. The number of amides is 1. The Kier molecular flexibility index (Phi) is 8.66. The van der Waals surface area contributed by atoms with Gasteiger partial charge in [0.25, 0.3) is 5.91 Å². The zero-order valence-electron chi connectivity index (χ0n) is 22.8. The molecule has 1 aliphatic heterocycles. The first-order valence-electron chi connectivity index (χ1n) is 12.8. The van der Waals surface area contributed by atoms with Crippen molar-refractivity contribution in [2.24, 2.45) is 10.9 Å². The highest BCUT2D eigenvalue weighted by molar-refractivity contribution is 6.08. The molecular weight excluding hydrogens is 450 g/mol. The first-order valence-corrected chi connectivity index (χ1v) is 12.8. The predicted molar refractivity (Wildman–Crippen MR) is 147 cm³/mol. The number of benzene rings is 1. The van der Waals surface area contributed by atoms with Crippen LogP contribution in [0.4, 0.5) is 5.69 Å². The van der Waals surface area contributed by atoms with Gasteiger partial charge in [-0.3, -0.25) is 9.79 Å². The third-order valence-corrected chi connectivity index (χ3v) is 5.87. The average Bonchev–Trinajstić information content (AvgIpc) is 3.38. The second-order valence-corrected chi connectivity index (χ2v) is 9.88. The second kappa shape index (κ2) is 11.5. The summed E-state index contributed by atoms with van der Waals surface area (Å²) < 4.78 is 7.81. The average molecular weight is 490 g/mol. The van der Waals surface area contributed by atoms with E-state index in [1.54, 1.807) is 29.2 Å². The Balaban J connectivity index is 0.00000176. The van der Waals surface area contributed by atoms with Crippen LogP contribution >= 0.6 is 0 Å². The van der Waals surface area contributed by atoms with Crippen LogP contribution in [0.5, 0.6) is 5.75 Å². The number of carbonyl (C=O) groups is 1. The Morgan fingerprint density at radius 2 is 2.03 bits per heavy atom. The fourth-order valence-corrected chi connectivity index (χ4v) is 4.50. The molecule has 2 aromatic heterocycles. The Morgan fingerprint density at radius 3 is 2.72 bits per heavy atom. The standard InChI is InChI=1S/C27H33N5O2.C2H6/c1-7-28-20(11-17(2)3)12-18(4)21-14-24-19(15-27(5,6)34-24)13-23(21)31-26(33)22-16-30-32-10-8-9-29-25(22)32;1-2/h7-11,13-14,16-18H,12,15H2,1-6H3,(H,31,33);1-2H3/b20-11-,28-7?;. The van der Waals surface area contributed by atoms with Gasteiger partial charge < -0.3 is 10.1 Å². The number of aliphatic imine (C=N–C) groups is 1. The zero-order chi connectivity index (χ0) is 26.5. The highest BCUT2D eigenvalue weighted by Crippen LogP contribution is 2.41. The number of hydrogen-bond donors (Lipinski definition) is 1. The van der Waals surface area contributed by atoms with Gasteiger partial charge in [-0.1, -0.05) is 40.7 Å². The molecule has 1 unspecified atom stereocenters. The molecule has 7 nitrogen and oxygen atoms in total. The van der Waals surface area contributed by atoms with E-state index in [0.717, 1.165) is 41.1 Å². The smallest absolute Gasteiger partial charge is 0.261 e. The summed E-state index contributed by atoms with van der Waals surface area (Å²) in [6, 6.07) is 5.92. The highest BCUT2D eigenvalue weighted by atomic mass is 16.5. The lowest BCUT2D eigenvalue weighted by molar-refractivity contribution is 0.102. The van der Waals surface area contributed by atoms with Crippen molar-refractivity contribution in [2.75, 3.05) is 5.32 Å². The van der Waals surface area contributed by atoms with E-state index in [1.165, 1.54) is 0 Å². The molecule has 0 saturated heterocycles. The van der Waals surface area contributed by atoms with Crippen molar-refractivity contribution in [2.45, 2.75) is 79.8 Å². The van der Waals surface area contributed by atoms with Crippen molar-refractivity contribution in [3.63, 3.8) is 0 Å². The van der Waals surface area contributed by atoms with Gasteiger partial charge in [0.15, 0.2) is 5.65 Å². The number of nitrogens with zero attached hydrogens (tertiary/aromatic N) is 4. The zero-order valence-corrected chi connectivity index (χ0v) is 22.8. The van der Waals surface area contributed by atoms with Crippen LogP contribution in [0.1, 0.15) is 89.2 Å². The van der Waals surface area contributed by atoms with Crippen molar-refractivity contribution < 1.29 is 9.53 Å². The summed E-state index contributed by atoms with van der Waals surface area (Å²) in [5, 5.41) is 7.40. The summed E-state index contributed by atoms with van der Waals surface area (Å²) in [5.74, 6) is 1.17. The topological polar surface area (TPSA) is 80.9 Å². The van der Waals surface area contributed by atoms with E-state index in [2.05, 4.69) is 73.2 Å². The molecule has 0 radical (unpaired) electrons. The van der Waals surface area contributed by atoms with Crippen LogP contribution < -0.4 is 10.1 Å². The number of anilines is 1. The summed E-state index contributed by atoms with van der Waals surface area (Å²) in [6.45, 7) is 16.6. The quantitative estimate of drug-likeness (QED) is 0.368.